The summed E-state index contributed by atoms with van der Waals surface area (Å²) in [6.07, 6.45) is 0. The number of nitrogens with zero attached hydrogens (tertiary/aromatic N) is 2. The smallest absolute Gasteiger partial charge is 0.244 e. The fraction of sp³-hybridized carbons (Fsp3) is 0.217. The molecule has 1 aliphatic rings. The van der Waals surface area contributed by atoms with Gasteiger partial charge in [-0.25, -0.2) is 0 Å². The second-order valence-corrected chi connectivity index (χ2v) is 7.76. The number of rotatable bonds is 5. The number of allylic oxidation sites excluding steroid dienone is 1. The number of nitrogens with one attached hydrogen (secondary N) is 1. The second-order valence-electron chi connectivity index (χ2n) is 7.35. The van der Waals surface area contributed by atoms with Crippen LogP contribution in [0.5, 0.6) is 11.6 Å². The maximum atomic E-state index is 9.86. The van der Waals surface area contributed by atoms with E-state index in [1.165, 1.54) is 0 Å². The van der Waals surface area contributed by atoms with E-state index in [0.29, 0.717) is 28.8 Å². The topological polar surface area (TPSA) is 97.0 Å². The van der Waals surface area contributed by atoms with Crippen molar-refractivity contribution in [3.05, 3.63) is 87.4 Å². The molecular weight excluding hydrogens is 400 g/mol. The quantitative estimate of drug-likeness (QED) is 0.606. The molecule has 0 radical (unpaired) electrons. The molecule has 30 heavy (non-hydrogen) atoms. The molecule has 6 nitrogen and oxygen atoms in total. The minimum Gasteiger partial charge on any atom is -0.489 e. The highest BCUT2D eigenvalue weighted by Crippen LogP contribution is 2.46. The van der Waals surface area contributed by atoms with E-state index in [2.05, 4.69) is 30.1 Å². The van der Waals surface area contributed by atoms with Crippen LogP contribution in [0.2, 0.25) is 5.02 Å². The van der Waals surface area contributed by atoms with Gasteiger partial charge in [0, 0.05) is 21.8 Å². The van der Waals surface area contributed by atoms with Gasteiger partial charge in [0.15, 0.2) is 0 Å². The molecule has 1 aliphatic heterocycles. The largest absolute Gasteiger partial charge is 0.489 e. The fourth-order valence-corrected chi connectivity index (χ4v) is 3.83. The van der Waals surface area contributed by atoms with Gasteiger partial charge in [-0.2, -0.15) is 5.26 Å². The average molecular weight is 421 g/mol. The van der Waals surface area contributed by atoms with Crippen molar-refractivity contribution < 1.29 is 9.47 Å². The highest BCUT2D eigenvalue weighted by molar-refractivity contribution is 6.31. The van der Waals surface area contributed by atoms with Crippen LogP contribution < -0.4 is 15.2 Å². The molecule has 1 atom stereocenters. The van der Waals surface area contributed by atoms with Gasteiger partial charge < -0.3 is 15.2 Å². The van der Waals surface area contributed by atoms with Gasteiger partial charge in [-0.1, -0.05) is 61.8 Å². The summed E-state index contributed by atoms with van der Waals surface area (Å²) in [7, 11) is 0. The Morgan fingerprint density at radius 3 is 2.70 bits per heavy atom. The molecule has 0 bridgehead atoms. The molecule has 7 heteroatoms. The molecule has 152 valence electrons. The van der Waals surface area contributed by atoms with Crippen LogP contribution >= 0.6 is 11.6 Å². The van der Waals surface area contributed by atoms with Crippen molar-refractivity contribution >= 4 is 11.6 Å². The maximum absolute atomic E-state index is 9.86. The third-order valence-corrected chi connectivity index (χ3v) is 5.49. The van der Waals surface area contributed by atoms with Crippen LogP contribution in [0.3, 0.4) is 0 Å². The van der Waals surface area contributed by atoms with Crippen LogP contribution in [-0.4, -0.2) is 10.2 Å². The zero-order valence-corrected chi connectivity index (χ0v) is 17.4. The Kier molecular flexibility index (Phi) is 5.39. The predicted molar refractivity (Wildman–Crippen MR) is 114 cm³/mol. The predicted octanol–water partition coefficient (Wildman–Crippen LogP) is 4.98. The van der Waals surface area contributed by atoms with Crippen LogP contribution in [0.1, 0.15) is 48.1 Å². The van der Waals surface area contributed by atoms with Crippen LogP contribution in [0.4, 0.5) is 0 Å². The van der Waals surface area contributed by atoms with E-state index < -0.39 is 5.92 Å². The van der Waals surface area contributed by atoms with Crippen molar-refractivity contribution in [1.29, 1.82) is 5.26 Å². The van der Waals surface area contributed by atoms with Crippen molar-refractivity contribution in [1.82, 2.24) is 10.2 Å². The van der Waals surface area contributed by atoms with Crippen molar-refractivity contribution in [3.63, 3.8) is 0 Å². The summed E-state index contributed by atoms with van der Waals surface area (Å²) in [5.74, 6) is 0.797. The van der Waals surface area contributed by atoms with Crippen molar-refractivity contribution in [2.45, 2.75) is 32.3 Å². The lowest BCUT2D eigenvalue weighted by molar-refractivity contribution is 0.301. The Balaban J connectivity index is 1.80. The first-order chi connectivity index (χ1) is 14.5. The van der Waals surface area contributed by atoms with Crippen LogP contribution in [0.15, 0.2) is 60.0 Å². The first-order valence-corrected chi connectivity index (χ1v) is 10.00. The molecule has 3 N–H and O–H groups in total. The van der Waals surface area contributed by atoms with Gasteiger partial charge in [0.2, 0.25) is 11.8 Å². The van der Waals surface area contributed by atoms with E-state index in [4.69, 9.17) is 26.8 Å². The van der Waals surface area contributed by atoms with Crippen LogP contribution in [0.25, 0.3) is 0 Å². The third kappa shape index (κ3) is 3.49. The molecule has 0 spiro atoms. The number of nitriles is 1. The molecule has 2 aromatic carbocycles. The number of nitrogens with two attached hydrogens (primary N) is 1. The molecule has 0 saturated carbocycles. The highest BCUT2D eigenvalue weighted by Gasteiger charge is 2.37. The first kappa shape index (κ1) is 19.9. The Morgan fingerprint density at radius 1 is 1.23 bits per heavy atom. The Morgan fingerprint density at radius 2 is 1.97 bits per heavy atom. The molecule has 4 rings (SSSR count). The van der Waals surface area contributed by atoms with Crippen LogP contribution in [0, 0.1) is 11.3 Å². The summed E-state index contributed by atoms with van der Waals surface area (Å²) in [5, 5.41) is 17.8. The monoisotopic (exact) mass is 420 g/mol. The normalized spacial score (nSPS) is 15.5. The van der Waals surface area contributed by atoms with Gasteiger partial charge in [-0.05, 0) is 18.1 Å². The summed E-state index contributed by atoms with van der Waals surface area (Å²) in [6.45, 7) is 4.41. The molecule has 0 amide bonds. The fourth-order valence-electron chi connectivity index (χ4n) is 3.64. The number of H-pyrrole nitrogens is 1. The van der Waals surface area contributed by atoms with Crippen molar-refractivity contribution in [3.8, 4) is 17.7 Å². The summed E-state index contributed by atoms with van der Waals surface area (Å²) in [6, 6.07) is 17.4. The Labute approximate surface area is 179 Å². The molecule has 0 fully saturated rings. The lowest BCUT2D eigenvalue weighted by Gasteiger charge is -2.26. The summed E-state index contributed by atoms with van der Waals surface area (Å²) < 4.78 is 11.8. The zero-order valence-electron chi connectivity index (χ0n) is 16.6. The number of para-hydroxylation sites is 1. The number of hydrogen-bond donors (Lipinski definition) is 2. The molecule has 1 aromatic heterocycles. The van der Waals surface area contributed by atoms with E-state index in [9.17, 15) is 5.26 Å². The third-order valence-electron chi connectivity index (χ3n) is 5.12. The van der Waals surface area contributed by atoms with Crippen molar-refractivity contribution in [2.24, 2.45) is 5.73 Å². The van der Waals surface area contributed by atoms with E-state index in [1.54, 1.807) is 0 Å². The van der Waals surface area contributed by atoms with E-state index >= 15 is 0 Å². The van der Waals surface area contributed by atoms with Gasteiger partial charge in [0.05, 0.1) is 11.5 Å². The van der Waals surface area contributed by atoms with Crippen LogP contribution in [-0.2, 0) is 6.61 Å². The molecule has 0 aliphatic carbocycles. The number of aromatic nitrogens is 2. The zero-order chi connectivity index (χ0) is 21.3. The first-order valence-electron chi connectivity index (χ1n) is 9.62. The SMILES string of the molecule is CC(C)c1[nH]nc2c1C(c1ccccc1OCc1ccccc1Cl)C(C#N)=C(N)O2. The second kappa shape index (κ2) is 8.13. The number of halogens is 1. The minimum absolute atomic E-state index is 0.0534. The van der Waals surface area contributed by atoms with E-state index in [1.807, 2.05) is 48.5 Å². The number of ether oxygens (including phenoxy) is 2. The van der Waals surface area contributed by atoms with Gasteiger partial charge in [-0.15, -0.1) is 5.10 Å². The summed E-state index contributed by atoms with van der Waals surface area (Å²) in [4.78, 5) is 0. The lowest BCUT2D eigenvalue weighted by Crippen LogP contribution is -2.22. The minimum atomic E-state index is -0.447. The molecular formula is C23H21ClN4O2. The highest BCUT2D eigenvalue weighted by atomic mass is 35.5. The lowest BCUT2D eigenvalue weighted by atomic mass is 9.82. The average Bonchev–Trinajstić information content (AvgIpc) is 3.16. The molecule has 0 saturated heterocycles. The maximum Gasteiger partial charge on any atom is 0.244 e. The number of benzene rings is 2. The number of fused-ring (bicyclic) bond motifs is 1. The summed E-state index contributed by atoms with van der Waals surface area (Å²) in [5.41, 5.74) is 9.81. The van der Waals surface area contributed by atoms with Gasteiger partial charge >= 0.3 is 0 Å². The standard InChI is InChI=1S/C23H21ClN4O2/c1-13(2)21-20-19(16(11-25)22(26)30-23(20)28-27-21)15-8-4-6-10-18(15)29-12-14-7-3-5-9-17(14)24/h3-10,13,19H,12,26H2,1-2H3,(H,27,28). The Bertz CT molecular complexity index is 1160. The molecule has 2 heterocycles. The Hall–Kier alpha value is -3.43. The molecule has 1 unspecified atom stereocenters. The van der Waals surface area contributed by atoms with E-state index in [-0.39, 0.29) is 11.8 Å². The molecule has 3 aromatic rings. The number of hydrogen-bond acceptors (Lipinski definition) is 5. The van der Waals surface area contributed by atoms with Crippen molar-refractivity contribution in [2.75, 3.05) is 0 Å². The number of aromatic amines is 1. The van der Waals surface area contributed by atoms with Gasteiger partial charge in [-0.3, -0.25) is 5.10 Å². The van der Waals surface area contributed by atoms with Gasteiger partial charge in [0.25, 0.3) is 0 Å². The van der Waals surface area contributed by atoms with E-state index in [0.717, 1.165) is 22.4 Å². The summed E-state index contributed by atoms with van der Waals surface area (Å²) >= 11 is 6.28. The van der Waals surface area contributed by atoms with Gasteiger partial charge in [0.1, 0.15) is 24.0 Å².